The summed E-state index contributed by atoms with van der Waals surface area (Å²) in [5, 5.41) is 2.51. The van der Waals surface area contributed by atoms with Gasteiger partial charge in [-0.05, 0) is 19.1 Å². The minimum atomic E-state index is -5.21. The van der Waals surface area contributed by atoms with E-state index in [-0.39, 0.29) is 5.57 Å². The van der Waals surface area contributed by atoms with Crippen LogP contribution in [0.2, 0.25) is 0 Å². The molecule has 0 N–H and O–H groups in total. The van der Waals surface area contributed by atoms with Crippen LogP contribution < -0.4 is 0 Å². The van der Waals surface area contributed by atoms with Crippen molar-refractivity contribution < 1.29 is 31.6 Å². The third-order valence-electron chi connectivity index (χ3n) is 2.04. The number of hydrogen-bond donors (Lipinski definition) is 0. The van der Waals surface area contributed by atoms with Crippen molar-refractivity contribution in [1.82, 2.24) is 0 Å². The Morgan fingerprint density at radius 3 is 2.15 bits per heavy atom. The molecule has 1 aromatic carbocycles. The molecule has 0 fully saturated rings. The molecule has 0 aliphatic carbocycles. The van der Waals surface area contributed by atoms with Gasteiger partial charge in [0.25, 0.3) is 0 Å². The number of nitrogens with zero attached hydrogens (tertiary/aromatic N) is 1. The van der Waals surface area contributed by atoms with E-state index in [9.17, 15) is 26.7 Å². The molecule has 0 aromatic heterocycles. The van der Waals surface area contributed by atoms with Crippen molar-refractivity contribution in [2.75, 3.05) is 0 Å². The van der Waals surface area contributed by atoms with Crippen molar-refractivity contribution >= 4 is 11.7 Å². The molecular formula is C12H8F5NO2. The Bertz CT molecular complexity index is 557. The summed E-state index contributed by atoms with van der Waals surface area (Å²) < 4.78 is 64.9. The minimum absolute atomic E-state index is 0.218. The molecule has 108 valence electrons. The van der Waals surface area contributed by atoms with E-state index in [4.69, 9.17) is 0 Å². The second-order valence-corrected chi connectivity index (χ2v) is 3.69. The molecule has 3 nitrogen and oxygen atoms in total. The van der Waals surface area contributed by atoms with Gasteiger partial charge in [-0.3, -0.25) is 0 Å². The fourth-order valence-corrected chi connectivity index (χ4v) is 1.13. The maximum absolute atomic E-state index is 13.3. The molecular weight excluding hydrogens is 285 g/mol. The molecule has 1 aromatic rings. The van der Waals surface area contributed by atoms with E-state index in [1.165, 1.54) is 6.92 Å². The summed E-state index contributed by atoms with van der Waals surface area (Å²) in [6.45, 7) is 4.31. The average molecular weight is 293 g/mol. The molecule has 0 saturated heterocycles. The topological polar surface area (TPSA) is 38.7 Å². The smallest absolute Gasteiger partial charge is 0.313 e. The lowest BCUT2D eigenvalue weighted by Gasteiger charge is -2.11. The predicted octanol–water partition coefficient (Wildman–Crippen LogP) is 3.35. The number of carbonyl (C=O) groups excluding carboxylic acids is 1. The molecule has 0 saturated carbocycles. The monoisotopic (exact) mass is 293 g/mol. The van der Waals surface area contributed by atoms with Crippen LogP contribution in [0.15, 0.2) is 35.5 Å². The molecule has 8 heteroatoms. The summed E-state index contributed by atoms with van der Waals surface area (Å²) in [7, 11) is 0. The lowest BCUT2D eigenvalue weighted by molar-refractivity contribution is -0.139. The Kier molecular flexibility index (Phi) is 4.59. The van der Waals surface area contributed by atoms with E-state index in [2.05, 4.69) is 16.6 Å². The molecule has 1 rings (SSSR count). The standard InChI is InChI=1S/C12H8F5NO2/c1-6(2)11(19)20-18-10(12(15,16)17)9-7(13)4-3-5-8(9)14/h3-5H,1H2,2H3/b18-10+. The quantitative estimate of drug-likeness (QED) is 0.282. The van der Waals surface area contributed by atoms with Crippen LogP contribution in [0.4, 0.5) is 22.0 Å². The lowest BCUT2D eigenvalue weighted by atomic mass is 10.1. The first-order valence-corrected chi connectivity index (χ1v) is 5.11. The Morgan fingerprint density at radius 1 is 1.25 bits per heavy atom. The van der Waals surface area contributed by atoms with Crippen LogP contribution in [0.3, 0.4) is 0 Å². The van der Waals surface area contributed by atoms with Gasteiger partial charge in [0.15, 0.2) is 5.71 Å². The minimum Gasteiger partial charge on any atom is -0.313 e. The summed E-state index contributed by atoms with van der Waals surface area (Å²) in [6.07, 6.45) is -5.21. The van der Waals surface area contributed by atoms with Crippen LogP contribution in [-0.4, -0.2) is 17.9 Å². The third kappa shape index (κ3) is 3.62. The van der Waals surface area contributed by atoms with Gasteiger partial charge in [0.2, 0.25) is 0 Å². The molecule has 0 amide bonds. The SMILES string of the molecule is C=C(C)C(=O)O/N=C(\c1c(F)cccc1F)C(F)(F)F. The Morgan fingerprint density at radius 2 is 1.75 bits per heavy atom. The van der Waals surface area contributed by atoms with Crippen LogP contribution in [0.5, 0.6) is 0 Å². The fraction of sp³-hybridized carbons (Fsp3) is 0.167. The Labute approximate surface area is 110 Å². The van der Waals surface area contributed by atoms with Crippen molar-refractivity contribution in [3.8, 4) is 0 Å². The predicted molar refractivity (Wildman–Crippen MR) is 59.9 cm³/mol. The van der Waals surface area contributed by atoms with Gasteiger partial charge in [-0.1, -0.05) is 17.8 Å². The second kappa shape index (κ2) is 5.81. The van der Waals surface area contributed by atoms with Gasteiger partial charge in [-0.15, -0.1) is 0 Å². The number of oxime groups is 1. The van der Waals surface area contributed by atoms with Crippen molar-refractivity contribution in [3.05, 3.63) is 47.5 Å². The van der Waals surface area contributed by atoms with E-state index in [1.54, 1.807) is 0 Å². The highest BCUT2D eigenvalue weighted by Crippen LogP contribution is 2.26. The first kappa shape index (κ1) is 15.8. The summed E-state index contributed by atoms with van der Waals surface area (Å²) in [6, 6.07) is 2.14. The Hall–Kier alpha value is -2.25. The normalized spacial score (nSPS) is 12.2. The molecule has 0 atom stereocenters. The first-order valence-electron chi connectivity index (χ1n) is 5.11. The zero-order valence-corrected chi connectivity index (χ0v) is 10.1. The molecule has 0 unspecified atom stereocenters. The highest BCUT2D eigenvalue weighted by Gasteiger charge is 2.41. The van der Waals surface area contributed by atoms with Crippen LogP contribution >= 0.6 is 0 Å². The first-order chi connectivity index (χ1) is 9.14. The van der Waals surface area contributed by atoms with E-state index in [0.29, 0.717) is 12.1 Å². The maximum atomic E-state index is 13.3. The zero-order chi connectivity index (χ0) is 15.5. The van der Waals surface area contributed by atoms with E-state index in [0.717, 1.165) is 6.07 Å². The van der Waals surface area contributed by atoms with Crippen LogP contribution in [-0.2, 0) is 9.63 Å². The average Bonchev–Trinajstić information content (AvgIpc) is 2.30. The van der Waals surface area contributed by atoms with Crippen molar-refractivity contribution in [2.24, 2.45) is 5.16 Å². The summed E-state index contributed by atoms with van der Waals surface area (Å²) in [5.41, 5.74) is -3.62. The summed E-state index contributed by atoms with van der Waals surface area (Å²) >= 11 is 0. The van der Waals surface area contributed by atoms with Crippen molar-refractivity contribution in [3.63, 3.8) is 0 Å². The van der Waals surface area contributed by atoms with Gasteiger partial charge < -0.3 is 4.84 Å². The maximum Gasteiger partial charge on any atom is 0.437 e. The van der Waals surface area contributed by atoms with Gasteiger partial charge in [-0.2, -0.15) is 13.2 Å². The second-order valence-electron chi connectivity index (χ2n) is 3.69. The molecule has 0 aliphatic rings. The molecule has 0 aliphatic heterocycles. The highest BCUT2D eigenvalue weighted by molar-refractivity contribution is 6.05. The highest BCUT2D eigenvalue weighted by atomic mass is 19.4. The number of benzene rings is 1. The van der Waals surface area contributed by atoms with Gasteiger partial charge in [0.05, 0.1) is 5.56 Å². The van der Waals surface area contributed by atoms with Crippen LogP contribution in [0.25, 0.3) is 0 Å². The molecule has 0 radical (unpaired) electrons. The largest absolute Gasteiger partial charge is 0.437 e. The number of alkyl halides is 3. The van der Waals surface area contributed by atoms with Gasteiger partial charge in [0, 0.05) is 5.57 Å². The number of rotatable bonds is 3. The van der Waals surface area contributed by atoms with Crippen molar-refractivity contribution in [1.29, 1.82) is 0 Å². The molecule has 0 bridgehead atoms. The number of hydrogen-bond acceptors (Lipinski definition) is 3. The van der Waals surface area contributed by atoms with Crippen LogP contribution in [0.1, 0.15) is 12.5 Å². The van der Waals surface area contributed by atoms with Gasteiger partial charge >= 0.3 is 12.1 Å². The summed E-state index contributed by atoms with van der Waals surface area (Å²) in [5.74, 6) is -4.21. The van der Waals surface area contributed by atoms with Gasteiger partial charge in [0.1, 0.15) is 11.6 Å². The zero-order valence-electron chi connectivity index (χ0n) is 10.1. The summed E-state index contributed by atoms with van der Waals surface area (Å²) in [4.78, 5) is 14.9. The van der Waals surface area contributed by atoms with Gasteiger partial charge in [-0.25, -0.2) is 13.6 Å². The van der Waals surface area contributed by atoms with Crippen molar-refractivity contribution in [2.45, 2.75) is 13.1 Å². The third-order valence-corrected chi connectivity index (χ3v) is 2.04. The fourth-order valence-electron chi connectivity index (χ4n) is 1.13. The number of carbonyl (C=O) groups is 1. The van der Waals surface area contributed by atoms with E-state index < -0.39 is 35.1 Å². The Balaban J connectivity index is 3.31. The van der Waals surface area contributed by atoms with Crippen LogP contribution in [0, 0.1) is 11.6 Å². The van der Waals surface area contributed by atoms with E-state index >= 15 is 0 Å². The lowest BCUT2D eigenvalue weighted by Crippen LogP contribution is -2.27. The molecule has 0 heterocycles. The molecule has 0 spiro atoms. The molecule has 20 heavy (non-hydrogen) atoms. The van der Waals surface area contributed by atoms with E-state index in [1.807, 2.05) is 0 Å². The number of halogens is 5.